The molecule has 0 aromatic heterocycles. The van der Waals surface area contributed by atoms with Gasteiger partial charge in [0.2, 0.25) is 0 Å². The predicted molar refractivity (Wildman–Crippen MR) is 64.0 cm³/mol. The van der Waals surface area contributed by atoms with E-state index in [0.29, 0.717) is 25.4 Å². The average molecular weight is 239 g/mol. The van der Waals surface area contributed by atoms with E-state index in [0.717, 1.165) is 12.0 Å². The Kier molecular flexibility index (Phi) is 3.24. The highest BCUT2D eigenvalue weighted by atomic mass is 19.1. The predicted octanol–water partition coefficient (Wildman–Crippen LogP) is 2.27. The number of ether oxygens (including phenoxy) is 2. The summed E-state index contributed by atoms with van der Waals surface area (Å²) in [6.07, 6.45) is 1.39. The van der Waals surface area contributed by atoms with E-state index in [1.54, 1.807) is 6.07 Å². The monoisotopic (exact) mass is 239 g/mol. The molecule has 0 fully saturated rings. The van der Waals surface area contributed by atoms with E-state index in [-0.39, 0.29) is 17.1 Å². The van der Waals surface area contributed by atoms with Crippen molar-refractivity contribution in [3.63, 3.8) is 0 Å². The average Bonchev–Trinajstić information content (AvgIpc) is 2.46. The Bertz CT molecular complexity index is 413. The topological polar surface area (TPSA) is 44.5 Å². The summed E-state index contributed by atoms with van der Waals surface area (Å²) in [5.74, 6) is 0.366. The van der Waals surface area contributed by atoms with E-state index >= 15 is 0 Å². The highest BCUT2D eigenvalue weighted by Gasteiger charge is 2.22. The molecule has 2 rings (SSSR count). The van der Waals surface area contributed by atoms with E-state index in [9.17, 15) is 4.39 Å². The Morgan fingerprint density at radius 1 is 1.24 bits per heavy atom. The molecule has 0 saturated carbocycles. The van der Waals surface area contributed by atoms with Crippen LogP contribution in [-0.4, -0.2) is 18.8 Å². The number of rotatable bonds is 2. The molecule has 0 amide bonds. The molecule has 0 aliphatic carbocycles. The smallest absolute Gasteiger partial charge is 0.197 e. The lowest BCUT2D eigenvalue weighted by Crippen LogP contribution is -2.34. The van der Waals surface area contributed by atoms with Crippen LogP contribution in [0.5, 0.6) is 11.5 Å². The summed E-state index contributed by atoms with van der Waals surface area (Å²) in [6.45, 7) is 4.90. The number of hydrogen-bond donors (Lipinski definition) is 1. The molecular formula is C13H18FNO2. The Hall–Kier alpha value is -1.29. The van der Waals surface area contributed by atoms with Crippen LogP contribution in [0, 0.1) is 5.82 Å². The molecule has 17 heavy (non-hydrogen) atoms. The van der Waals surface area contributed by atoms with E-state index < -0.39 is 0 Å². The van der Waals surface area contributed by atoms with Gasteiger partial charge in [0.05, 0.1) is 13.2 Å². The second-order valence-corrected chi connectivity index (χ2v) is 5.08. The van der Waals surface area contributed by atoms with E-state index in [1.165, 1.54) is 6.07 Å². The van der Waals surface area contributed by atoms with Crippen LogP contribution < -0.4 is 15.2 Å². The van der Waals surface area contributed by atoms with Crippen molar-refractivity contribution >= 4 is 0 Å². The van der Waals surface area contributed by atoms with Crippen LogP contribution >= 0.6 is 0 Å². The van der Waals surface area contributed by atoms with Crippen molar-refractivity contribution in [2.75, 3.05) is 13.2 Å². The molecular weight excluding hydrogens is 221 g/mol. The summed E-state index contributed by atoms with van der Waals surface area (Å²) in [5.41, 5.74) is 6.53. The number of benzene rings is 1. The van der Waals surface area contributed by atoms with Crippen molar-refractivity contribution in [1.29, 1.82) is 0 Å². The van der Waals surface area contributed by atoms with Crippen LogP contribution in [0.1, 0.15) is 25.8 Å². The minimum Gasteiger partial charge on any atom is -0.489 e. The highest BCUT2D eigenvalue weighted by Crippen LogP contribution is 2.37. The lowest BCUT2D eigenvalue weighted by Gasteiger charge is -2.21. The summed E-state index contributed by atoms with van der Waals surface area (Å²) in [6, 6.07) is 3.13. The fraction of sp³-hybridized carbons (Fsp3) is 0.538. The number of nitrogens with two attached hydrogens (primary N) is 1. The van der Waals surface area contributed by atoms with Gasteiger partial charge in [-0.25, -0.2) is 4.39 Å². The maximum absolute atomic E-state index is 13.6. The maximum atomic E-state index is 13.6. The van der Waals surface area contributed by atoms with Gasteiger partial charge >= 0.3 is 0 Å². The van der Waals surface area contributed by atoms with Crippen molar-refractivity contribution in [2.24, 2.45) is 5.73 Å². The Labute approximate surface area is 101 Å². The van der Waals surface area contributed by atoms with Crippen LogP contribution in [-0.2, 0) is 6.42 Å². The quantitative estimate of drug-likeness (QED) is 0.861. The molecule has 3 nitrogen and oxygen atoms in total. The minimum atomic E-state index is -0.375. The molecule has 1 aliphatic heterocycles. The van der Waals surface area contributed by atoms with Gasteiger partial charge in [0.25, 0.3) is 0 Å². The normalized spacial score (nSPS) is 15.5. The molecule has 0 radical (unpaired) electrons. The van der Waals surface area contributed by atoms with Gasteiger partial charge in [-0.15, -0.1) is 0 Å². The van der Waals surface area contributed by atoms with E-state index in [1.807, 2.05) is 13.8 Å². The summed E-state index contributed by atoms with van der Waals surface area (Å²) >= 11 is 0. The molecule has 0 bridgehead atoms. The zero-order valence-corrected chi connectivity index (χ0v) is 10.3. The van der Waals surface area contributed by atoms with Crippen molar-refractivity contribution in [3.05, 3.63) is 23.5 Å². The molecule has 1 aromatic rings. The first-order valence-corrected chi connectivity index (χ1v) is 5.83. The third-order valence-corrected chi connectivity index (χ3v) is 2.57. The fourth-order valence-electron chi connectivity index (χ4n) is 1.91. The van der Waals surface area contributed by atoms with Crippen LogP contribution in [0.4, 0.5) is 4.39 Å². The van der Waals surface area contributed by atoms with Crippen molar-refractivity contribution in [2.45, 2.75) is 32.2 Å². The van der Waals surface area contributed by atoms with Crippen molar-refractivity contribution in [1.82, 2.24) is 0 Å². The lowest BCUT2D eigenvalue weighted by molar-refractivity contribution is 0.291. The lowest BCUT2D eigenvalue weighted by atomic mass is 9.95. The maximum Gasteiger partial charge on any atom is 0.197 e. The second-order valence-electron chi connectivity index (χ2n) is 5.08. The molecule has 1 aliphatic rings. The van der Waals surface area contributed by atoms with Gasteiger partial charge in [-0.2, -0.15) is 0 Å². The summed E-state index contributed by atoms with van der Waals surface area (Å²) in [7, 11) is 0. The summed E-state index contributed by atoms with van der Waals surface area (Å²) in [4.78, 5) is 0. The Morgan fingerprint density at radius 3 is 2.53 bits per heavy atom. The zero-order valence-electron chi connectivity index (χ0n) is 10.3. The van der Waals surface area contributed by atoms with Gasteiger partial charge in [-0.05, 0) is 26.3 Å². The molecule has 0 atom stereocenters. The molecule has 1 aromatic carbocycles. The molecule has 2 N–H and O–H groups in total. The molecule has 1 heterocycles. The molecule has 0 saturated heterocycles. The van der Waals surface area contributed by atoms with Gasteiger partial charge in [-0.3, -0.25) is 0 Å². The SMILES string of the molecule is CC(C)(N)Cc1ccc(F)c2c1OCCCO2. The van der Waals surface area contributed by atoms with Crippen LogP contribution in [0.3, 0.4) is 0 Å². The molecule has 0 unspecified atom stereocenters. The number of fused-ring (bicyclic) bond motifs is 1. The van der Waals surface area contributed by atoms with Crippen molar-refractivity contribution in [3.8, 4) is 11.5 Å². The Balaban J connectivity index is 2.40. The fourth-order valence-corrected chi connectivity index (χ4v) is 1.91. The molecule has 4 heteroatoms. The van der Waals surface area contributed by atoms with Crippen LogP contribution in [0.2, 0.25) is 0 Å². The van der Waals surface area contributed by atoms with Gasteiger partial charge < -0.3 is 15.2 Å². The number of hydrogen-bond acceptors (Lipinski definition) is 3. The first-order valence-electron chi connectivity index (χ1n) is 5.83. The van der Waals surface area contributed by atoms with E-state index in [4.69, 9.17) is 15.2 Å². The zero-order chi connectivity index (χ0) is 12.5. The first kappa shape index (κ1) is 12.2. The summed E-state index contributed by atoms with van der Waals surface area (Å²) < 4.78 is 24.6. The third kappa shape index (κ3) is 2.88. The highest BCUT2D eigenvalue weighted by molar-refractivity contribution is 5.48. The summed E-state index contributed by atoms with van der Waals surface area (Å²) in [5, 5.41) is 0. The van der Waals surface area contributed by atoms with E-state index in [2.05, 4.69) is 0 Å². The van der Waals surface area contributed by atoms with Crippen LogP contribution in [0.25, 0.3) is 0 Å². The standard InChI is InChI=1S/C13H18FNO2/c1-13(2,15)8-9-4-5-10(14)12-11(9)16-6-3-7-17-12/h4-5H,3,6-8,15H2,1-2H3. The van der Waals surface area contributed by atoms with Gasteiger partial charge in [0.15, 0.2) is 17.3 Å². The third-order valence-electron chi connectivity index (χ3n) is 2.57. The van der Waals surface area contributed by atoms with Gasteiger partial charge in [0.1, 0.15) is 0 Å². The largest absolute Gasteiger partial charge is 0.489 e. The van der Waals surface area contributed by atoms with Gasteiger partial charge in [0, 0.05) is 17.5 Å². The minimum absolute atomic E-state index is 0.226. The van der Waals surface area contributed by atoms with Crippen molar-refractivity contribution < 1.29 is 13.9 Å². The second kappa shape index (κ2) is 4.53. The molecule has 94 valence electrons. The van der Waals surface area contributed by atoms with Crippen LogP contribution in [0.15, 0.2) is 12.1 Å². The van der Waals surface area contributed by atoms with Gasteiger partial charge in [-0.1, -0.05) is 6.07 Å². The number of halogens is 1. The molecule has 0 spiro atoms. The Morgan fingerprint density at radius 2 is 1.88 bits per heavy atom. The first-order chi connectivity index (χ1) is 7.97.